The van der Waals surface area contributed by atoms with Crippen molar-refractivity contribution in [2.45, 2.75) is 221 Å². The minimum Gasteiger partial charge on any atom is -0.454 e. The second-order valence-electron chi connectivity index (χ2n) is 35.1. The Bertz CT molecular complexity index is 3770. The fraction of sp³-hybridized carbons (Fsp3) is 0.647. The maximum absolute atomic E-state index is 16.3. The molecular formula is C85H103NO9. The van der Waals surface area contributed by atoms with Gasteiger partial charge in [-0.1, -0.05) is 116 Å². The van der Waals surface area contributed by atoms with E-state index in [1.807, 2.05) is 19.2 Å². The Morgan fingerprint density at radius 1 is 0.705 bits per heavy atom. The van der Waals surface area contributed by atoms with E-state index in [1.54, 1.807) is 6.08 Å². The van der Waals surface area contributed by atoms with Gasteiger partial charge in [-0.15, -0.1) is 0 Å². The second-order valence-corrected chi connectivity index (χ2v) is 35.1. The number of aldehydes is 1. The molecule has 0 unspecified atom stereocenters. The van der Waals surface area contributed by atoms with Gasteiger partial charge < -0.3 is 45.1 Å². The summed E-state index contributed by atoms with van der Waals surface area (Å²) in [4.78, 5) is 30.9. The van der Waals surface area contributed by atoms with E-state index < -0.39 is 73.7 Å². The van der Waals surface area contributed by atoms with E-state index in [2.05, 4.69) is 115 Å². The lowest BCUT2D eigenvalue weighted by molar-refractivity contribution is -0.374. The molecule has 15 aliphatic rings. The van der Waals surface area contributed by atoms with E-state index in [9.17, 15) is 15.0 Å². The van der Waals surface area contributed by atoms with Gasteiger partial charge in [0.05, 0.1) is 42.0 Å². The van der Waals surface area contributed by atoms with Gasteiger partial charge in [-0.3, -0.25) is 0 Å². The van der Waals surface area contributed by atoms with Crippen LogP contribution in [0.4, 0.5) is 0 Å². The molecule has 0 aromatic heterocycles. The van der Waals surface area contributed by atoms with Crippen LogP contribution in [-0.4, -0.2) is 92.6 Å². The normalized spacial score (nSPS) is 47.8. The van der Waals surface area contributed by atoms with E-state index in [4.69, 9.17) is 9.47 Å². The molecule has 502 valence electrons. The van der Waals surface area contributed by atoms with Gasteiger partial charge in [0, 0.05) is 57.1 Å². The summed E-state index contributed by atoms with van der Waals surface area (Å²) in [6.45, 7) is 2.01. The van der Waals surface area contributed by atoms with Crippen LogP contribution >= 0.6 is 0 Å². The number of ether oxygens (including phenoxy) is 2. The van der Waals surface area contributed by atoms with Crippen molar-refractivity contribution in [3.05, 3.63) is 154 Å². The lowest BCUT2D eigenvalue weighted by atomic mass is 9.31. The Hall–Kier alpha value is -4.96. The molecule has 4 aromatic carbocycles. The smallest absolute Gasteiger partial charge is 0.331 e. The number of esters is 1. The molecule has 12 bridgehead atoms. The molecule has 19 rings (SSSR count). The van der Waals surface area contributed by atoms with Crippen molar-refractivity contribution in [3.63, 3.8) is 0 Å². The van der Waals surface area contributed by atoms with Gasteiger partial charge in [-0.2, -0.15) is 0 Å². The van der Waals surface area contributed by atoms with Crippen LogP contribution < -0.4 is 5.32 Å². The van der Waals surface area contributed by atoms with E-state index in [1.165, 1.54) is 47.8 Å². The molecule has 0 radical (unpaired) electrons. The number of aliphatic hydroxyl groups excluding tert-OH is 2. The molecule has 10 nitrogen and oxygen atoms in total. The maximum atomic E-state index is 16.3. The number of hydrogen-bond acceptors (Lipinski definition) is 10. The number of likely N-dealkylation sites (N-methyl/N-ethyl adjacent to an activating group) is 1. The molecule has 10 saturated carbocycles. The van der Waals surface area contributed by atoms with Gasteiger partial charge in [0.15, 0.2) is 0 Å². The summed E-state index contributed by atoms with van der Waals surface area (Å²) in [6.07, 6.45) is 20.9. The summed E-state index contributed by atoms with van der Waals surface area (Å²) in [6, 6.07) is 37.2. The van der Waals surface area contributed by atoms with Crippen LogP contribution in [0.1, 0.15) is 187 Å². The highest BCUT2D eigenvalue weighted by Crippen LogP contribution is 2.84. The third kappa shape index (κ3) is 8.66. The third-order valence-electron chi connectivity index (χ3n) is 32.0. The first kappa shape index (κ1) is 62.3. The van der Waals surface area contributed by atoms with E-state index in [0.717, 1.165) is 106 Å². The first-order chi connectivity index (χ1) is 46.1. The highest BCUT2D eigenvalue weighted by molar-refractivity contribution is 5.87. The third-order valence-corrected chi connectivity index (χ3v) is 32.0. The van der Waals surface area contributed by atoms with Crippen LogP contribution in [0.2, 0.25) is 0 Å². The first-order valence-corrected chi connectivity index (χ1v) is 38.0. The standard InChI is InChI=1S/C85H103NO9/c1-51-59-20-19-55(34-59)33-53-13-9-14-54(32-53)35-67-39-64-38-63-36-61(57-15-7-4-8-16-57)22-23-70(63)81(64)48-79(49-88)74-27-30-80-47-78(28-25-56(43-78)31-52-11-5-3-6-12-52)29-26-58-17-10-18-62(46-87)68(58)41-73(86-2)69-40-65(82(80,50-89)72-42-75(90)95-76(69)72)45-84(80,92)83(74,91)44-66-37-60(51)21-24-71(77(81)94-67)85(66,79)93/h3-18,32,42,49,51,55-56,59-61,63-67,69-71,73-74,76-77,86-87,89,91-93H,19-25,27-28,30-31,33-41,43-48,50H2,1-2H3/t51-,55+,56-,59+,60+,61-,63-,64-,65+,66+,67-,69+,70-,71+,73+,74-,76+,77-,78+,79+,80+,81+,82-,83+,84-,85+/m1/s1. The average Bonchev–Trinajstić information content (AvgIpc) is 1.55. The molecule has 3 heterocycles. The van der Waals surface area contributed by atoms with Crippen LogP contribution in [0.15, 0.2) is 115 Å². The van der Waals surface area contributed by atoms with Gasteiger partial charge in [0.1, 0.15) is 18.0 Å². The lowest BCUT2D eigenvalue weighted by Gasteiger charge is -2.76. The predicted molar refractivity (Wildman–Crippen MR) is 364 cm³/mol. The number of hydrogen-bond donors (Lipinski definition) is 6. The molecule has 1 saturated heterocycles. The fourth-order valence-electron chi connectivity index (χ4n) is 28.5. The lowest BCUT2D eigenvalue weighted by Crippen LogP contribution is -2.84. The number of carbonyl (C=O) groups excluding carboxylic acids is 2. The van der Waals surface area contributed by atoms with Gasteiger partial charge in [-0.25, -0.2) is 4.79 Å². The fourth-order valence-corrected chi connectivity index (χ4v) is 28.5. The number of carbonyl (C=O) groups is 2. The van der Waals surface area contributed by atoms with Crippen LogP contribution in [0, 0.1) is 116 Å². The van der Waals surface area contributed by atoms with Crippen molar-refractivity contribution in [2.75, 3.05) is 13.7 Å². The summed E-state index contributed by atoms with van der Waals surface area (Å²) < 4.78 is 14.8. The van der Waals surface area contributed by atoms with Crippen molar-refractivity contribution in [1.82, 2.24) is 5.32 Å². The maximum Gasteiger partial charge on any atom is 0.331 e. The van der Waals surface area contributed by atoms with Gasteiger partial charge in [-0.05, 0) is 278 Å². The van der Waals surface area contributed by atoms with E-state index in [0.29, 0.717) is 74.5 Å². The highest BCUT2D eigenvalue weighted by Gasteiger charge is 2.88. The molecule has 4 aromatic rings. The molecule has 11 fully saturated rings. The van der Waals surface area contributed by atoms with E-state index >= 15 is 20.1 Å². The van der Waals surface area contributed by atoms with Crippen LogP contribution in [-0.2, 0) is 51.4 Å². The minimum absolute atomic E-state index is 0.0428. The van der Waals surface area contributed by atoms with Crippen molar-refractivity contribution in [1.29, 1.82) is 0 Å². The van der Waals surface area contributed by atoms with Crippen molar-refractivity contribution < 1.29 is 44.6 Å². The zero-order valence-electron chi connectivity index (χ0n) is 56.3. The molecule has 95 heavy (non-hydrogen) atoms. The number of rotatable bonds is 7. The first-order valence-electron chi connectivity index (χ1n) is 38.0. The summed E-state index contributed by atoms with van der Waals surface area (Å²) in [5, 5.41) is 75.5. The average molecular weight is 1280 g/mol. The Labute approximate surface area is 563 Å². The van der Waals surface area contributed by atoms with Gasteiger partial charge in [0.25, 0.3) is 0 Å². The summed E-state index contributed by atoms with van der Waals surface area (Å²) in [5.41, 5.74) is -1.64. The highest BCUT2D eigenvalue weighted by atomic mass is 16.5. The SMILES string of the molecule is CN[C@H]1Cc2c(cccc2CO)C#C[C@]2(CC[C@H](Cc3ccccc3)C2)C[C@]23CC[C@H]4[C@@](O)(C[C@@H]5C[C@@H]6CC[C@H]7[C@H]8O[C@H](Cc9cccc(c9)C[C@@H]9CC[C@@H](C9)[C@H]6C)C[C@H]6C[C@H]9C[C@H](c%10ccccc%10)CC[C@H]9[C@]68C[C@@]4(C=O)[C@]57O)[C@@]2(O)C[C@@H]2C[C@@H]1[C@@H]1OC(=O)C=C1[C@@]23CO. The summed E-state index contributed by atoms with van der Waals surface area (Å²) in [7, 11) is 1.97. The quantitative estimate of drug-likeness (QED) is 0.0596. The molecule has 3 aliphatic heterocycles. The zero-order chi connectivity index (χ0) is 64.7. The molecular weight excluding hydrogens is 1180 g/mol. The molecule has 0 amide bonds. The second kappa shape index (κ2) is 22.5. The van der Waals surface area contributed by atoms with Crippen LogP contribution in [0.3, 0.4) is 0 Å². The summed E-state index contributed by atoms with van der Waals surface area (Å²) in [5.74, 6) is 8.35. The number of aliphatic hydroxyl groups is 5. The largest absolute Gasteiger partial charge is 0.454 e. The molecule has 12 aliphatic carbocycles. The van der Waals surface area contributed by atoms with E-state index in [-0.39, 0.29) is 79.8 Å². The molecule has 26 atom stereocenters. The minimum atomic E-state index is -1.92. The Balaban J connectivity index is 0.843. The topological polar surface area (TPSA) is 166 Å². The zero-order valence-corrected chi connectivity index (χ0v) is 56.3. The summed E-state index contributed by atoms with van der Waals surface area (Å²) >= 11 is 0. The molecule has 10 heteroatoms. The molecule has 3 spiro atoms. The van der Waals surface area contributed by atoms with Crippen molar-refractivity contribution in [2.24, 2.45) is 104 Å². The Kier molecular flexibility index (Phi) is 14.8. The van der Waals surface area contributed by atoms with Gasteiger partial charge in [0.2, 0.25) is 0 Å². The van der Waals surface area contributed by atoms with Crippen molar-refractivity contribution in [3.8, 4) is 11.8 Å². The predicted octanol–water partition coefficient (Wildman–Crippen LogP) is 12.8. The monoisotopic (exact) mass is 1280 g/mol. The van der Waals surface area contributed by atoms with Crippen LogP contribution in [0.25, 0.3) is 0 Å². The van der Waals surface area contributed by atoms with Crippen molar-refractivity contribution >= 4 is 12.3 Å². The number of benzene rings is 4. The Morgan fingerprint density at radius 2 is 1.47 bits per heavy atom. The van der Waals surface area contributed by atoms with Crippen LogP contribution in [0.5, 0.6) is 0 Å². The Morgan fingerprint density at radius 3 is 2.27 bits per heavy atom. The number of fused-ring (bicyclic) bond motifs is 12. The number of nitrogens with one attached hydrogen (secondary N) is 1. The molecule has 6 N–H and O–H groups in total. The van der Waals surface area contributed by atoms with Gasteiger partial charge >= 0.3 is 5.97 Å².